The first-order valence-corrected chi connectivity index (χ1v) is 6.08. The molecule has 0 bridgehead atoms. The summed E-state index contributed by atoms with van der Waals surface area (Å²) >= 11 is 7.17. The predicted octanol–water partition coefficient (Wildman–Crippen LogP) is 2.64. The average molecular weight is 245 g/mol. The molecule has 0 aliphatic carbocycles. The van der Waals surface area contributed by atoms with E-state index < -0.39 is 0 Å². The minimum Gasteiger partial charge on any atom is -0.496 e. The average Bonchev–Trinajstić information content (AvgIpc) is 2.28. The van der Waals surface area contributed by atoms with Gasteiger partial charge in [0.25, 0.3) is 0 Å². The van der Waals surface area contributed by atoms with Gasteiger partial charge in [0.05, 0.1) is 18.7 Å². The summed E-state index contributed by atoms with van der Waals surface area (Å²) in [6.45, 7) is 0. The van der Waals surface area contributed by atoms with Gasteiger partial charge < -0.3 is 10.5 Å². The van der Waals surface area contributed by atoms with Gasteiger partial charge in [0, 0.05) is 11.0 Å². The van der Waals surface area contributed by atoms with Gasteiger partial charge in [-0.3, -0.25) is 0 Å². The van der Waals surface area contributed by atoms with Crippen LogP contribution in [-0.4, -0.2) is 25.1 Å². The van der Waals surface area contributed by atoms with Crippen molar-refractivity contribution in [3.8, 4) is 5.75 Å². The van der Waals surface area contributed by atoms with E-state index in [1.54, 1.807) is 18.9 Å². The minimum atomic E-state index is 0.229. The van der Waals surface area contributed by atoms with Gasteiger partial charge >= 0.3 is 0 Å². The molecule has 1 rings (SSSR count). The molecule has 82 valence electrons. The van der Waals surface area contributed by atoms with Crippen molar-refractivity contribution in [3.05, 3.63) is 18.2 Å². The number of nitrogens with two attached hydrogens (primary N) is 1. The van der Waals surface area contributed by atoms with E-state index in [2.05, 4.69) is 4.99 Å². The van der Waals surface area contributed by atoms with Gasteiger partial charge in [-0.05, 0) is 18.4 Å². The lowest BCUT2D eigenvalue weighted by Crippen LogP contribution is -2.12. The van der Waals surface area contributed by atoms with Crippen molar-refractivity contribution >= 4 is 34.9 Å². The first kappa shape index (κ1) is 12.2. The number of hydrogen-bond acceptors (Lipinski definition) is 3. The maximum absolute atomic E-state index is 5.54. The molecule has 0 amide bonds. The monoisotopic (exact) mass is 244 g/mol. The summed E-state index contributed by atoms with van der Waals surface area (Å²) in [5.74, 6) is 1.42. The lowest BCUT2D eigenvalue weighted by molar-refractivity contribution is 0.405. The van der Waals surface area contributed by atoms with Crippen molar-refractivity contribution < 1.29 is 4.74 Å². The van der Waals surface area contributed by atoms with E-state index in [1.165, 1.54) is 0 Å². The van der Waals surface area contributed by atoms with Crippen LogP contribution >= 0.6 is 23.4 Å². The Bertz CT molecular complexity index is 368. The maximum Gasteiger partial charge on any atom is 0.134 e. The summed E-state index contributed by atoms with van der Waals surface area (Å²) in [6.07, 6.45) is 1.99. The van der Waals surface area contributed by atoms with Gasteiger partial charge in [0.1, 0.15) is 11.6 Å². The van der Waals surface area contributed by atoms with Gasteiger partial charge in [0.15, 0.2) is 0 Å². The standard InChI is InChI=1S/C10H13ClN2OS/c1-14-8-5-7(13-10(12)6-11)3-4-9(8)15-2/h3-5H,6H2,1-2H3,(H2,12,13). The highest BCUT2D eigenvalue weighted by molar-refractivity contribution is 7.98. The normalized spacial score (nSPS) is 11.5. The number of ether oxygens (including phenoxy) is 1. The van der Waals surface area contributed by atoms with Crippen molar-refractivity contribution in [2.75, 3.05) is 19.2 Å². The molecule has 2 N–H and O–H groups in total. The Balaban J connectivity index is 3.03. The Morgan fingerprint density at radius 1 is 1.60 bits per heavy atom. The number of amidine groups is 1. The molecular formula is C10H13ClN2OS. The van der Waals surface area contributed by atoms with Crippen LogP contribution in [0.15, 0.2) is 28.1 Å². The number of thioether (sulfide) groups is 1. The van der Waals surface area contributed by atoms with Crippen molar-refractivity contribution in [1.29, 1.82) is 0 Å². The van der Waals surface area contributed by atoms with E-state index in [9.17, 15) is 0 Å². The number of halogens is 1. The molecule has 0 heterocycles. The van der Waals surface area contributed by atoms with Crippen molar-refractivity contribution in [3.63, 3.8) is 0 Å². The highest BCUT2D eigenvalue weighted by atomic mass is 35.5. The zero-order chi connectivity index (χ0) is 11.3. The fourth-order valence-electron chi connectivity index (χ4n) is 1.09. The lowest BCUT2D eigenvalue weighted by Gasteiger charge is -2.06. The smallest absolute Gasteiger partial charge is 0.134 e. The van der Waals surface area contributed by atoms with Gasteiger partial charge in [-0.2, -0.15) is 0 Å². The largest absolute Gasteiger partial charge is 0.496 e. The van der Waals surface area contributed by atoms with Gasteiger partial charge in [-0.25, -0.2) is 4.99 Å². The number of aliphatic imine (C=N–C) groups is 1. The second-order valence-electron chi connectivity index (χ2n) is 2.78. The molecule has 1 aromatic rings. The molecular weight excluding hydrogens is 232 g/mol. The third-order valence-electron chi connectivity index (χ3n) is 1.78. The minimum absolute atomic E-state index is 0.229. The summed E-state index contributed by atoms with van der Waals surface area (Å²) in [7, 11) is 1.63. The zero-order valence-corrected chi connectivity index (χ0v) is 10.2. The molecule has 0 aliphatic heterocycles. The van der Waals surface area contributed by atoms with Crippen molar-refractivity contribution in [2.45, 2.75) is 4.90 Å². The Labute approximate surface area is 98.7 Å². The molecule has 0 radical (unpaired) electrons. The Kier molecular flexibility index (Phi) is 4.78. The molecule has 0 saturated carbocycles. The second kappa shape index (κ2) is 5.88. The molecule has 0 unspecified atom stereocenters. The Morgan fingerprint density at radius 3 is 2.87 bits per heavy atom. The summed E-state index contributed by atoms with van der Waals surface area (Å²) in [6, 6.07) is 5.67. The summed E-state index contributed by atoms with van der Waals surface area (Å²) < 4.78 is 5.23. The first-order valence-electron chi connectivity index (χ1n) is 4.32. The van der Waals surface area contributed by atoms with Gasteiger partial charge in [-0.1, -0.05) is 0 Å². The fraction of sp³-hybridized carbons (Fsp3) is 0.300. The van der Waals surface area contributed by atoms with Crippen LogP contribution in [0.1, 0.15) is 0 Å². The van der Waals surface area contributed by atoms with Gasteiger partial charge in [-0.15, -0.1) is 23.4 Å². The van der Waals surface area contributed by atoms with Gasteiger partial charge in [0.2, 0.25) is 0 Å². The first-order chi connectivity index (χ1) is 7.21. The van der Waals surface area contributed by atoms with E-state index in [0.717, 1.165) is 16.3 Å². The van der Waals surface area contributed by atoms with E-state index in [4.69, 9.17) is 22.1 Å². The molecule has 0 saturated heterocycles. The quantitative estimate of drug-likeness (QED) is 0.383. The fourth-order valence-corrected chi connectivity index (χ4v) is 1.70. The van der Waals surface area contributed by atoms with Crippen LogP contribution in [0.2, 0.25) is 0 Å². The number of methoxy groups -OCH3 is 1. The topological polar surface area (TPSA) is 47.6 Å². The van der Waals surface area contributed by atoms with Crippen LogP contribution in [0.3, 0.4) is 0 Å². The molecule has 3 nitrogen and oxygen atoms in total. The zero-order valence-electron chi connectivity index (χ0n) is 8.66. The van der Waals surface area contributed by atoms with Crippen molar-refractivity contribution in [1.82, 2.24) is 0 Å². The number of alkyl halides is 1. The molecule has 5 heteroatoms. The molecule has 0 aliphatic rings. The number of nitrogens with zero attached hydrogens (tertiary/aromatic N) is 1. The summed E-state index contributed by atoms with van der Waals surface area (Å²) in [5, 5.41) is 0. The van der Waals surface area contributed by atoms with Crippen LogP contribution in [0.5, 0.6) is 5.75 Å². The summed E-state index contributed by atoms with van der Waals surface area (Å²) in [4.78, 5) is 5.21. The van der Waals surface area contributed by atoms with E-state index in [1.807, 2.05) is 24.5 Å². The highest BCUT2D eigenvalue weighted by Gasteiger charge is 2.02. The third kappa shape index (κ3) is 3.32. The Morgan fingerprint density at radius 2 is 2.33 bits per heavy atom. The number of hydrogen-bond donors (Lipinski definition) is 1. The molecule has 0 fully saturated rings. The summed E-state index contributed by atoms with van der Waals surface area (Å²) in [5.41, 5.74) is 6.29. The second-order valence-corrected chi connectivity index (χ2v) is 3.89. The lowest BCUT2D eigenvalue weighted by atomic mass is 10.3. The maximum atomic E-state index is 5.54. The molecule has 0 spiro atoms. The number of rotatable bonds is 4. The van der Waals surface area contributed by atoms with Crippen LogP contribution in [0, 0.1) is 0 Å². The Hall–Kier alpha value is -0.870. The molecule has 15 heavy (non-hydrogen) atoms. The number of benzene rings is 1. The molecule has 1 aromatic carbocycles. The van der Waals surface area contributed by atoms with E-state index >= 15 is 0 Å². The van der Waals surface area contributed by atoms with Crippen LogP contribution < -0.4 is 10.5 Å². The predicted molar refractivity (Wildman–Crippen MR) is 66.8 cm³/mol. The van der Waals surface area contributed by atoms with E-state index in [-0.39, 0.29) is 5.88 Å². The molecule has 0 atom stereocenters. The van der Waals surface area contributed by atoms with Crippen LogP contribution in [-0.2, 0) is 0 Å². The van der Waals surface area contributed by atoms with Crippen LogP contribution in [0.4, 0.5) is 5.69 Å². The third-order valence-corrected chi connectivity index (χ3v) is 2.83. The highest BCUT2D eigenvalue weighted by Crippen LogP contribution is 2.31. The van der Waals surface area contributed by atoms with Crippen LogP contribution in [0.25, 0.3) is 0 Å². The SMILES string of the molecule is COc1cc(N=C(N)CCl)ccc1SC. The van der Waals surface area contributed by atoms with E-state index in [0.29, 0.717) is 5.84 Å². The molecule has 0 aromatic heterocycles. The van der Waals surface area contributed by atoms with Crippen molar-refractivity contribution in [2.24, 2.45) is 10.7 Å².